The largest absolute Gasteiger partial charge is 1.00 e. The fourth-order valence-corrected chi connectivity index (χ4v) is 0.805. The normalized spacial score (nSPS) is 11.4. The van der Waals surface area contributed by atoms with Crippen molar-refractivity contribution in [2.75, 3.05) is 13.2 Å². The van der Waals surface area contributed by atoms with Crippen LogP contribution in [-0.2, 0) is 9.09 Å². The van der Waals surface area contributed by atoms with Gasteiger partial charge in [0.05, 0.1) is 21.0 Å². The average Bonchev–Trinajstić information content (AvgIpc) is 1.81. The number of hydrogen-bond acceptors (Lipinski definition) is 6. The minimum absolute atomic E-state index is 0. The van der Waals surface area contributed by atoms with E-state index in [1.54, 1.807) is 0 Å². The quantitative estimate of drug-likeness (QED) is 0.339. The van der Waals surface area contributed by atoms with Crippen LogP contribution >= 0.6 is 7.82 Å². The first-order valence-corrected chi connectivity index (χ1v) is 3.88. The van der Waals surface area contributed by atoms with Gasteiger partial charge in [0.2, 0.25) is 0 Å². The molecule has 0 unspecified atom stereocenters. The summed E-state index contributed by atoms with van der Waals surface area (Å²) in [5.41, 5.74) is 0. The Morgan fingerprint density at radius 3 is 1.82 bits per heavy atom. The zero-order chi connectivity index (χ0) is 8.20. The topological polar surface area (TPSA) is 113 Å². The van der Waals surface area contributed by atoms with E-state index in [1.807, 2.05) is 0 Å². The Kier molecular flexibility index (Phi) is 8.64. The molecule has 0 aromatic carbocycles. The maximum Gasteiger partial charge on any atom is 1.00 e. The summed E-state index contributed by atoms with van der Waals surface area (Å²) < 4.78 is 13.5. The van der Waals surface area contributed by atoms with Gasteiger partial charge in [0.1, 0.15) is 6.10 Å². The summed E-state index contributed by atoms with van der Waals surface area (Å²) in [7, 11) is -5.07. The third-order valence-corrected chi connectivity index (χ3v) is 1.24. The van der Waals surface area contributed by atoms with E-state index in [9.17, 15) is 14.4 Å². The van der Waals surface area contributed by atoms with Crippen LogP contribution in [0.5, 0.6) is 0 Å². The van der Waals surface area contributed by atoms with E-state index in [0.29, 0.717) is 0 Å². The Morgan fingerprint density at radius 2 is 1.73 bits per heavy atom. The van der Waals surface area contributed by atoms with Gasteiger partial charge >= 0.3 is 29.6 Å². The Balaban J connectivity index is 0. The maximum atomic E-state index is 9.79. The molecule has 6 nitrogen and oxygen atoms in total. The maximum absolute atomic E-state index is 9.79. The Labute approximate surface area is 85.7 Å². The number of hydrogen-bond donors (Lipinski definition) is 2. The van der Waals surface area contributed by atoms with Crippen LogP contribution in [0.4, 0.5) is 0 Å². The van der Waals surface area contributed by atoms with Crippen LogP contribution in [0.1, 0.15) is 0 Å². The molecule has 0 aromatic heterocycles. The molecule has 0 aromatic rings. The van der Waals surface area contributed by atoms with E-state index >= 15 is 0 Å². The van der Waals surface area contributed by atoms with Crippen molar-refractivity contribution in [2.24, 2.45) is 0 Å². The molecule has 0 rings (SSSR count). The predicted octanol–water partition coefficient (Wildman–Crippen LogP) is -5.81. The van der Waals surface area contributed by atoms with Crippen molar-refractivity contribution in [1.29, 1.82) is 0 Å². The first-order chi connectivity index (χ1) is 4.49. The molecule has 0 aliphatic heterocycles. The van der Waals surface area contributed by atoms with Crippen LogP contribution in [0, 0.1) is 0 Å². The molecule has 0 heterocycles. The Morgan fingerprint density at radius 1 is 1.36 bits per heavy atom. The minimum Gasteiger partial charge on any atom is -0.790 e. The van der Waals surface area contributed by atoms with Crippen molar-refractivity contribution in [2.45, 2.75) is 6.10 Å². The third kappa shape index (κ3) is 8.94. The standard InChI is InChI=1S/C3H9O6P.Na/c4-1-3(2-5)9-10(6,7)8;/h3-5H,1-2H2,(H2,6,7,8);/q;+1/p-2. The molecule has 0 radical (unpaired) electrons. The van der Waals surface area contributed by atoms with Crippen LogP contribution in [0.3, 0.4) is 0 Å². The molecule has 0 aliphatic rings. The first-order valence-electron chi connectivity index (χ1n) is 2.41. The van der Waals surface area contributed by atoms with Gasteiger partial charge < -0.3 is 29.1 Å². The second kappa shape index (κ2) is 6.54. The zero-order valence-corrected chi connectivity index (χ0v) is 8.86. The van der Waals surface area contributed by atoms with E-state index in [2.05, 4.69) is 4.52 Å². The first kappa shape index (κ1) is 14.5. The number of phosphoric acid groups is 1. The van der Waals surface area contributed by atoms with E-state index in [0.717, 1.165) is 0 Å². The minimum atomic E-state index is -5.07. The van der Waals surface area contributed by atoms with Crippen LogP contribution in [0.25, 0.3) is 0 Å². The molecule has 0 aliphatic carbocycles. The van der Waals surface area contributed by atoms with E-state index in [1.165, 1.54) is 0 Å². The van der Waals surface area contributed by atoms with Crippen molar-refractivity contribution >= 4 is 7.82 Å². The molecular weight excluding hydrogens is 186 g/mol. The Hall–Kier alpha value is 1.03. The van der Waals surface area contributed by atoms with Crippen molar-refractivity contribution in [3.63, 3.8) is 0 Å². The van der Waals surface area contributed by atoms with Crippen LogP contribution in [0.15, 0.2) is 0 Å². The monoisotopic (exact) mass is 193 g/mol. The van der Waals surface area contributed by atoms with Gasteiger partial charge in [-0.1, -0.05) is 0 Å². The molecule has 62 valence electrons. The van der Waals surface area contributed by atoms with Crippen molar-refractivity contribution in [3.8, 4) is 0 Å². The predicted molar refractivity (Wildman–Crippen MR) is 26.7 cm³/mol. The van der Waals surface area contributed by atoms with Crippen molar-refractivity contribution < 1.29 is 58.6 Å². The number of phosphoric ester groups is 1. The molecule has 0 amide bonds. The molecular formula is C3H7NaO6P-. The molecule has 2 N–H and O–H groups in total. The SMILES string of the molecule is O=P([O-])([O-])OC(CO)CO.[Na+]. The average molecular weight is 193 g/mol. The molecule has 8 heteroatoms. The van der Waals surface area contributed by atoms with Gasteiger partial charge in [-0.25, -0.2) is 0 Å². The number of aliphatic hydroxyl groups is 2. The van der Waals surface area contributed by atoms with Crippen LogP contribution in [0.2, 0.25) is 0 Å². The molecule has 0 saturated heterocycles. The summed E-state index contributed by atoms with van der Waals surface area (Å²) in [6.07, 6.45) is -1.33. The van der Waals surface area contributed by atoms with Gasteiger partial charge in [0, 0.05) is 0 Å². The zero-order valence-electron chi connectivity index (χ0n) is 5.97. The van der Waals surface area contributed by atoms with Gasteiger partial charge in [-0.3, -0.25) is 0 Å². The molecule has 0 fully saturated rings. The second-order valence-electron chi connectivity index (χ2n) is 1.54. The van der Waals surface area contributed by atoms with Crippen molar-refractivity contribution in [1.82, 2.24) is 0 Å². The fourth-order valence-electron chi connectivity index (χ4n) is 0.307. The van der Waals surface area contributed by atoms with E-state index in [4.69, 9.17) is 10.2 Å². The van der Waals surface area contributed by atoms with Crippen molar-refractivity contribution in [3.05, 3.63) is 0 Å². The summed E-state index contributed by atoms with van der Waals surface area (Å²) >= 11 is 0. The molecule has 0 atom stereocenters. The smallest absolute Gasteiger partial charge is 0.790 e. The molecule has 0 saturated carbocycles. The van der Waals surface area contributed by atoms with Gasteiger partial charge in [0.15, 0.2) is 0 Å². The summed E-state index contributed by atoms with van der Waals surface area (Å²) in [4.78, 5) is 19.6. The third-order valence-electron chi connectivity index (χ3n) is 0.685. The number of rotatable bonds is 4. The summed E-state index contributed by atoms with van der Waals surface area (Å²) in [6.45, 7) is -1.41. The van der Waals surface area contributed by atoms with Crippen LogP contribution in [-0.4, -0.2) is 29.5 Å². The molecule has 0 spiro atoms. The molecule has 11 heavy (non-hydrogen) atoms. The van der Waals surface area contributed by atoms with Crippen LogP contribution < -0.4 is 39.3 Å². The van der Waals surface area contributed by atoms with Gasteiger partial charge in [0.25, 0.3) is 0 Å². The van der Waals surface area contributed by atoms with Gasteiger partial charge in [-0.2, -0.15) is 0 Å². The number of aliphatic hydroxyl groups excluding tert-OH is 2. The van der Waals surface area contributed by atoms with Gasteiger partial charge in [-0.05, 0) is 0 Å². The van der Waals surface area contributed by atoms with Gasteiger partial charge in [-0.15, -0.1) is 0 Å². The second-order valence-corrected chi connectivity index (χ2v) is 2.65. The Bertz CT molecular complexity index is 130. The molecule has 0 bridgehead atoms. The van der Waals surface area contributed by atoms with E-state index < -0.39 is 27.1 Å². The van der Waals surface area contributed by atoms with E-state index in [-0.39, 0.29) is 29.6 Å². The summed E-state index contributed by atoms with van der Waals surface area (Å²) in [5, 5.41) is 16.4. The summed E-state index contributed by atoms with van der Waals surface area (Å²) in [5.74, 6) is 0. The fraction of sp³-hybridized carbons (Fsp3) is 1.00. The summed E-state index contributed by atoms with van der Waals surface area (Å²) in [6, 6.07) is 0.